The second kappa shape index (κ2) is 47.8. The third kappa shape index (κ3) is 37.1. The number of aliphatic hydroxyl groups is 5. The smallest absolute Gasteiger partial charge is 0.220 e. The third-order valence-corrected chi connectivity index (χ3v) is 14.5. The molecule has 1 heterocycles. The van der Waals surface area contributed by atoms with Crippen LogP contribution >= 0.6 is 0 Å². The highest BCUT2D eigenvalue weighted by Gasteiger charge is 2.44. The number of nitrogens with one attached hydrogen (secondary N) is 1. The van der Waals surface area contributed by atoms with Gasteiger partial charge in [-0.1, -0.05) is 284 Å². The Labute approximate surface area is 408 Å². The minimum absolute atomic E-state index is 0.131. The van der Waals surface area contributed by atoms with Crippen LogP contribution in [0.5, 0.6) is 0 Å². The molecule has 9 heteroatoms. The summed E-state index contributed by atoms with van der Waals surface area (Å²) < 4.78 is 11.3. The maximum Gasteiger partial charge on any atom is 0.220 e. The van der Waals surface area contributed by atoms with Crippen LogP contribution in [0.3, 0.4) is 0 Å². The highest BCUT2D eigenvalue weighted by molar-refractivity contribution is 5.76. The average molecular weight is 941 g/mol. The van der Waals surface area contributed by atoms with Gasteiger partial charge in [-0.3, -0.25) is 4.79 Å². The van der Waals surface area contributed by atoms with Crippen LogP contribution in [0.1, 0.15) is 303 Å². The number of hydrogen-bond acceptors (Lipinski definition) is 8. The molecule has 9 nitrogen and oxygen atoms in total. The first-order valence-corrected chi connectivity index (χ1v) is 29.2. The lowest BCUT2D eigenvalue weighted by molar-refractivity contribution is -0.302. The van der Waals surface area contributed by atoms with Crippen molar-refractivity contribution in [3.8, 4) is 0 Å². The Hall–Kier alpha value is -0.810. The number of rotatable bonds is 51. The molecule has 0 bridgehead atoms. The number of hydrogen-bond donors (Lipinski definition) is 6. The highest BCUT2D eigenvalue weighted by Crippen LogP contribution is 2.23. The quantitative estimate of drug-likeness (QED) is 0.0330. The van der Waals surface area contributed by atoms with E-state index < -0.39 is 49.5 Å². The molecule has 1 aliphatic heterocycles. The van der Waals surface area contributed by atoms with E-state index in [4.69, 9.17) is 9.47 Å². The van der Waals surface area contributed by atoms with Gasteiger partial charge in [-0.15, -0.1) is 0 Å². The number of ether oxygens (including phenoxy) is 2. The molecule has 394 valence electrons. The second-order valence-corrected chi connectivity index (χ2v) is 20.8. The summed E-state index contributed by atoms with van der Waals surface area (Å²) in [6.45, 7) is 3.88. The fraction of sp³-hybridized carbons (Fsp3) is 0.982. The predicted octanol–water partition coefficient (Wildman–Crippen LogP) is 14.2. The zero-order chi connectivity index (χ0) is 48.0. The third-order valence-electron chi connectivity index (χ3n) is 14.5. The van der Waals surface area contributed by atoms with Crippen molar-refractivity contribution in [3.05, 3.63) is 0 Å². The summed E-state index contributed by atoms with van der Waals surface area (Å²) in [7, 11) is 0. The van der Waals surface area contributed by atoms with Gasteiger partial charge in [0.2, 0.25) is 5.91 Å². The van der Waals surface area contributed by atoms with Gasteiger partial charge in [0.1, 0.15) is 24.4 Å². The molecule has 1 amide bonds. The molecule has 0 aliphatic carbocycles. The number of aliphatic hydroxyl groups excluding tert-OH is 5. The Kier molecular flexibility index (Phi) is 45.8. The molecule has 0 saturated carbocycles. The Balaban J connectivity index is 2.11. The van der Waals surface area contributed by atoms with Gasteiger partial charge < -0.3 is 40.3 Å². The summed E-state index contributed by atoms with van der Waals surface area (Å²) in [5, 5.41) is 54.6. The van der Waals surface area contributed by atoms with Crippen LogP contribution in [0.25, 0.3) is 0 Å². The van der Waals surface area contributed by atoms with Gasteiger partial charge in [0.05, 0.1) is 25.4 Å². The van der Waals surface area contributed by atoms with Crippen LogP contribution < -0.4 is 5.32 Å². The van der Waals surface area contributed by atoms with Crippen LogP contribution in [-0.2, 0) is 14.3 Å². The number of amides is 1. The Bertz CT molecular complexity index is 1000. The Morgan fingerprint density at radius 1 is 0.455 bits per heavy atom. The SMILES string of the molecule is CCCCCCCCCCCCCCCCCCCCCCCCCCCCCCCC(=O)N[C@@H](CO[C@@H]1O[C@H](CO)[C@H](O)C(O)C1O)[C@H](O)CCCCCCCCCCCCCCCC. The highest BCUT2D eigenvalue weighted by atomic mass is 16.7. The van der Waals surface area contributed by atoms with Crippen LogP contribution in [0.15, 0.2) is 0 Å². The zero-order valence-electron chi connectivity index (χ0n) is 43.7. The van der Waals surface area contributed by atoms with Crippen molar-refractivity contribution in [2.75, 3.05) is 13.2 Å². The van der Waals surface area contributed by atoms with Gasteiger partial charge in [-0.25, -0.2) is 0 Å². The van der Waals surface area contributed by atoms with Gasteiger partial charge in [0, 0.05) is 6.42 Å². The molecule has 1 aliphatic rings. The minimum Gasteiger partial charge on any atom is -0.394 e. The van der Waals surface area contributed by atoms with Gasteiger partial charge in [0.25, 0.3) is 0 Å². The van der Waals surface area contributed by atoms with Crippen molar-refractivity contribution in [2.24, 2.45) is 0 Å². The summed E-state index contributed by atoms with van der Waals surface area (Å²) in [5.74, 6) is -0.137. The summed E-state index contributed by atoms with van der Waals surface area (Å²) >= 11 is 0. The monoisotopic (exact) mass is 940 g/mol. The van der Waals surface area contributed by atoms with E-state index >= 15 is 0 Å². The first kappa shape index (κ1) is 63.2. The summed E-state index contributed by atoms with van der Waals surface area (Å²) in [6.07, 6.45) is 50.0. The Morgan fingerprint density at radius 3 is 1.08 bits per heavy atom. The molecular weight excluding hydrogens is 827 g/mol. The van der Waals surface area contributed by atoms with Gasteiger partial charge in [0.15, 0.2) is 6.29 Å². The van der Waals surface area contributed by atoms with Crippen LogP contribution in [0.4, 0.5) is 0 Å². The normalized spacial score (nSPS) is 19.7. The summed E-state index contributed by atoms with van der Waals surface area (Å²) in [5.41, 5.74) is 0. The standard InChI is InChI=1S/C57H113NO8/c1-3-5-7-9-11-13-15-17-19-20-21-22-23-24-25-26-27-28-29-30-31-32-33-35-37-39-41-43-45-47-53(61)58-50(49-65-57-56(64)55(63)54(62)52(48-59)66-57)51(60)46-44-42-40-38-36-34-18-16-14-12-10-8-6-4-2/h50-52,54-57,59-60,62-64H,3-49H2,1-2H3,(H,58,61)/t50-,51+,52+,54-,55?,56?,57+/m0/s1. The zero-order valence-corrected chi connectivity index (χ0v) is 43.7. The largest absolute Gasteiger partial charge is 0.394 e. The molecule has 0 radical (unpaired) electrons. The van der Waals surface area contributed by atoms with Crippen molar-refractivity contribution in [3.63, 3.8) is 0 Å². The molecule has 2 unspecified atom stereocenters. The van der Waals surface area contributed by atoms with Crippen molar-refractivity contribution < 1.29 is 39.8 Å². The molecule has 0 aromatic heterocycles. The van der Waals surface area contributed by atoms with Crippen molar-refractivity contribution in [1.29, 1.82) is 0 Å². The fourth-order valence-electron chi connectivity index (χ4n) is 9.81. The van der Waals surface area contributed by atoms with E-state index in [9.17, 15) is 30.3 Å². The molecule has 1 saturated heterocycles. The molecule has 1 fully saturated rings. The molecular formula is C57H113NO8. The van der Waals surface area contributed by atoms with Crippen molar-refractivity contribution >= 4 is 5.91 Å². The molecule has 66 heavy (non-hydrogen) atoms. The van der Waals surface area contributed by atoms with Crippen LogP contribution in [-0.4, -0.2) is 87.5 Å². The number of carbonyl (C=O) groups excluding carboxylic acids is 1. The lowest BCUT2D eigenvalue weighted by atomic mass is 9.99. The first-order chi connectivity index (χ1) is 32.3. The lowest BCUT2D eigenvalue weighted by Gasteiger charge is -2.40. The van der Waals surface area contributed by atoms with E-state index in [0.717, 1.165) is 38.5 Å². The molecule has 6 N–H and O–H groups in total. The minimum atomic E-state index is -1.55. The number of carbonyl (C=O) groups is 1. The van der Waals surface area contributed by atoms with E-state index in [2.05, 4.69) is 19.2 Å². The molecule has 1 rings (SSSR count). The maximum atomic E-state index is 13.1. The predicted molar refractivity (Wildman–Crippen MR) is 277 cm³/mol. The fourth-order valence-corrected chi connectivity index (χ4v) is 9.81. The summed E-state index contributed by atoms with van der Waals surface area (Å²) in [4.78, 5) is 13.1. The molecule has 0 spiro atoms. The van der Waals surface area contributed by atoms with Crippen molar-refractivity contribution in [2.45, 2.75) is 346 Å². The maximum absolute atomic E-state index is 13.1. The Morgan fingerprint density at radius 2 is 0.758 bits per heavy atom. The number of unbranched alkanes of at least 4 members (excludes halogenated alkanes) is 41. The van der Waals surface area contributed by atoms with E-state index in [1.165, 1.54) is 238 Å². The van der Waals surface area contributed by atoms with Gasteiger partial charge >= 0.3 is 0 Å². The van der Waals surface area contributed by atoms with Crippen molar-refractivity contribution in [1.82, 2.24) is 5.32 Å². The lowest BCUT2D eigenvalue weighted by Crippen LogP contribution is -2.60. The van der Waals surface area contributed by atoms with Gasteiger partial charge in [-0.05, 0) is 12.8 Å². The topological polar surface area (TPSA) is 149 Å². The first-order valence-electron chi connectivity index (χ1n) is 29.2. The second-order valence-electron chi connectivity index (χ2n) is 20.8. The van der Waals surface area contributed by atoms with E-state index in [0.29, 0.717) is 12.8 Å². The molecule has 0 aromatic carbocycles. The van der Waals surface area contributed by atoms with Gasteiger partial charge in [-0.2, -0.15) is 0 Å². The van der Waals surface area contributed by atoms with E-state index in [1.54, 1.807) is 0 Å². The molecule has 0 aromatic rings. The average Bonchev–Trinajstić information content (AvgIpc) is 3.32. The van der Waals surface area contributed by atoms with E-state index in [-0.39, 0.29) is 12.5 Å². The van der Waals surface area contributed by atoms with E-state index in [1.807, 2.05) is 0 Å². The van der Waals surface area contributed by atoms with Crippen LogP contribution in [0, 0.1) is 0 Å². The van der Waals surface area contributed by atoms with Crippen LogP contribution in [0.2, 0.25) is 0 Å². The molecule has 7 atom stereocenters. The summed E-state index contributed by atoms with van der Waals surface area (Å²) in [6, 6.07) is -0.712.